The zero-order valence-electron chi connectivity index (χ0n) is 17.8. The van der Waals surface area contributed by atoms with Crippen molar-refractivity contribution in [1.29, 1.82) is 0 Å². The molecule has 1 fully saturated rings. The van der Waals surface area contributed by atoms with Crippen molar-refractivity contribution in [2.45, 2.75) is 25.8 Å². The average Bonchev–Trinajstić information content (AvgIpc) is 2.81. The summed E-state index contributed by atoms with van der Waals surface area (Å²) in [5.41, 5.74) is 4.02. The summed E-state index contributed by atoms with van der Waals surface area (Å²) in [5.74, 6) is -0.0275. The molecule has 1 saturated heterocycles. The van der Waals surface area contributed by atoms with E-state index in [1.165, 1.54) is 0 Å². The van der Waals surface area contributed by atoms with Gasteiger partial charge in [-0.3, -0.25) is 14.6 Å². The van der Waals surface area contributed by atoms with Crippen LogP contribution in [0.4, 0.5) is 0 Å². The Bertz CT molecular complexity index is 1040. The molecule has 0 aliphatic carbocycles. The smallest absolute Gasteiger partial charge is 0.245 e. The quantitative estimate of drug-likeness (QED) is 0.621. The molecule has 0 spiro atoms. The van der Waals surface area contributed by atoms with Crippen LogP contribution in [0.5, 0.6) is 0 Å². The summed E-state index contributed by atoms with van der Waals surface area (Å²) in [5, 5.41) is 0. The molecule has 1 atom stereocenters. The number of piperazine rings is 1. The predicted octanol–water partition coefficient (Wildman–Crippen LogP) is 3.59. The summed E-state index contributed by atoms with van der Waals surface area (Å²) in [6, 6.07) is 23.5. The molecule has 4 rings (SSSR count). The number of carbonyl (C=O) groups is 2. The molecule has 5 nitrogen and oxygen atoms in total. The summed E-state index contributed by atoms with van der Waals surface area (Å²) in [6.07, 6.45) is 2.40. The number of hydrogen-bond donors (Lipinski definition) is 0. The molecule has 1 aromatic heterocycles. The maximum atomic E-state index is 13.2. The number of benzene rings is 2. The van der Waals surface area contributed by atoms with E-state index in [0.29, 0.717) is 26.1 Å². The number of likely N-dealkylation sites (N-methyl/N-ethyl adjacent to an activating group) is 1. The van der Waals surface area contributed by atoms with Gasteiger partial charge in [-0.1, -0.05) is 60.7 Å². The number of pyridine rings is 1. The van der Waals surface area contributed by atoms with Gasteiger partial charge in [0.2, 0.25) is 11.8 Å². The maximum absolute atomic E-state index is 13.2. The Morgan fingerprint density at radius 3 is 2.48 bits per heavy atom. The highest BCUT2D eigenvalue weighted by molar-refractivity contribution is 5.89. The van der Waals surface area contributed by atoms with Crippen LogP contribution in [0.1, 0.15) is 18.2 Å². The summed E-state index contributed by atoms with van der Waals surface area (Å²) in [7, 11) is 0. The number of rotatable bonds is 6. The Morgan fingerprint density at radius 1 is 0.968 bits per heavy atom. The summed E-state index contributed by atoms with van der Waals surface area (Å²) < 4.78 is 0. The van der Waals surface area contributed by atoms with Gasteiger partial charge in [-0.15, -0.1) is 0 Å². The van der Waals surface area contributed by atoms with Crippen molar-refractivity contribution >= 4 is 11.8 Å². The number of nitrogens with zero attached hydrogens (tertiary/aromatic N) is 3. The van der Waals surface area contributed by atoms with E-state index >= 15 is 0 Å². The van der Waals surface area contributed by atoms with Crippen molar-refractivity contribution in [1.82, 2.24) is 14.8 Å². The van der Waals surface area contributed by atoms with Crippen molar-refractivity contribution in [3.05, 3.63) is 90.3 Å². The fraction of sp³-hybridized carbons (Fsp3) is 0.269. The predicted molar refractivity (Wildman–Crippen MR) is 121 cm³/mol. The summed E-state index contributed by atoms with van der Waals surface area (Å²) in [6.45, 7) is 3.76. The molecule has 0 N–H and O–H groups in total. The van der Waals surface area contributed by atoms with Crippen LogP contribution in [-0.4, -0.2) is 52.3 Å². The fourth-order valence-corrected chi connectivity index (χ4v) is 4.14. The fourth-order valence-electron chi connectivity index (χ4n) is 4.14. The average molecular weight is 414 g/mol. The lowest BCUT2D eigenvalue weighted by molar-refractivity contribution is -0.150. The molecule has 1 unspecified atom stereocenters. The first-order valence-corrected chi connectivity index (χ1v) is 10.8. The lowest BCUT2D eigenvalue weighted by Gasteiger charge is -2.40. The first-order valence-electron chi connectivity index (χ1n) is 10.8. The molecule has 5 heteroatoms. The third kappa shape index (κ3) is 4.82. The second kappa shape index (κ2) is 9.56. The molecule has 31 heavy (non-hydrogen) atoms. The van der Waals surface area contributed by atoms with Crippen LogP contribution < -0.4 is 0 Å². The molecular weight excluding hydrogens is 386 g/mol. The van der Waals surface area contributed by atoms with Crippen LogP contribution >= 0.6 is 0 Å². The van der Waals surface area contributed by atoms with Crippen LogP contribution in [0, 0.1) is 0 Å². The Morgan fingerprint density at radius 2 is 1.74 bits per heavy atom. The number of hydrogen-bond acceptors (Lipinski definition) is 3. The van der Waals surface area contributed by atoms with E-state index in [-0.39, 0.29) is 18.2 Å². The molecule has 0 radical (unpaired) electrons. The Balaban J connectivity index is 1.58. The van der Waals surface area contributed by atoms with Crippen molar-refractivity contribution in [2.75, 3.05) is 19.6 Å². The highest BCUT2D eigenvalue weighted by Crippen LogP contribution is 2.23. The molecule has 1 aliphatic heterocycles. The van der Waals surface area contributed by atoms with Crippen LogP contribution in [0.15, 0.2) is 79.0 Å². The van der Waals surface area contributed by atoms with Gasteiger partial charge in [0, 0.05) is 37.9 Å². The molecule has 1 aliphatic rings. The third-order valence-corrected chi connectivity index (χ3v) is 5.81. The topological polar surface area (TPSA) is 53.5 Å². The zero-order chi connectivity index (χ0) is 21.6. The first-order chi connectivity index (χ1) is 15.2. The van der Waals surface area contributed by atoms with Crippen molar-refractivity contribution in [3.63, 3.8) is 0 Å². The summed E-state index contributed by atoms with van der Waals surface area (Å²) >= 11 is 0. The SMILES string of the molecule is CCN1CCN(C(=O)Cc2ccccn2)C(Cc2cccc(-c3ccccc3)c2)C1=O. The Hall–Kier alpha value is -3.47. The van der Waals surface area contributed by atoms with Crippen LogP contribution in [0.2, 0.25) is 0 Å². The Kier molecular flexibility index (Phi) is 6.41. The number of amides is 2. The van der Waals surface area contributed by atoms with E-state index in [9.17, 15) is 9.59 Å². The maximum Gasteiger partial charge on any atom is 0.245 e. The molecule has 2 heterocycles. The van der Waals surface area contributed by atoms with Gasteiger partial charge in [0.15, 0.2) is 0 Å². The van der Waals surface area contributed by atoms with Gasteiger partial charge >= 0.3 is 0 Å². The molecule has 0 bridgehead atoms. The normalized spacial score (nSPS) is 16.4. The van der Waals surface area contributed by atoms with Crippen LogP contribution in [0.25, 0.3) is 11.1 Å². The minimum absolute atomic E-state index is 0.0215. The van der Waals surface area contributed by atoms with E-state index in [2.05, 4.69) is 29.2 Å². The van der Waals surface area contributed by atoms with E-state index in [1.807, 2.05) is 60.4 Å². The molecule has 0 saturated carbocycles. The van der Waals surface area contributed by atoms with Crippen LogP contribution in [-0.2, 0) is 22.4 Å². The molecule has 2 amide bonds. The number of carbonyl (C=O) groups excluding carboxylic acids is 2. The lowest BCUT2D eigenvalue weighted by Crippen LogP contribution is -2.59. The minimum atomic E-state index is -0.490. The van der Waals surface area contributed by atoms with E-state index < -0.39 is 6.04 Å². The molecule has 158 valence electrons. The standard InChI is InChI=1S/C26H27N3O2/c1-2-28-15-16-29(25(30)19-23-13-6-7-14-27-23)24(26(28)31)18-20-9-8-12-22(17-20)21-10-4-3-5-11-21/h3-14,17,24H,2,15-16,18-19H2,1H3. The molecule has 2 aromatic carbocycles. The van der Waals surface area contributed by atoms with E-state index in [1.54, 1.807) is 11.1 Å². The minimum Gasteiger partial charge on any atom is -0.339 e. The lowest BCUT2D eigenvalue weighted by atomic mass is 9.97. The second-order valence-corrected chi connectivity index (χ2v) is 7.79. The van der Waals surface area contributed by atoms with E-state index in [0.717, 1.165) is 22.4 Å². The van der Waals surface area contributed by atoms with Gasteiger partial charge in [0.05, 0.1) is 6.42 Å². The van der Waals surface area contributed by atoms with Gasteiger partial charge < -0.3 is 9.80 Å². The molecule has 3 aromatic rings. The summed E-state index contributed by atoms with van der Waals surface area (Å²) in [4.78, 5) is 34.2. The van der Waals surface area contributed by atoms with Gasteiger partial charge in [-0.25, -0.2) is 0 Å². The van der Waals surface area contributed by atoms with Crippen molar-refractivity contribution in [2.24, 2.45) is 0 Å². The molecular formula is C26H27N3O2. The van der Waals surface area contributed by atoms with E-state index in [4.69, 9.17) is 0 Å². The van der Waals surface area contributed by atoms with Gasteiger partial charge in [-0.05, 0) is 35.7 Å². The highest BCUT2D eigenvalue weighted by atomic mass is 16.2. The largest absolute Gasteiger partial charge is 0.339 e. The number of aromatic nitrogens is 1. The highest BCUT2D eigenvalue weighted by Gasteiger charge is 2.36. The zero-order valence-corrected chi connectivity index (χ0v) is 17.8. The second-order valence-electron chi connectivity index (χ2n) is 7.79. The van der Waals surface area contributed by atoms with Gasteiger partial charge in [0.1, 0.15) is 6.04 Å². The van der Waals surface area contributed by atoms with Crippen molar-refractivity contribution in [3.8, 4) is 11.1 Å². The third-order valence-electron chi connectivity index (χ3n) is 5.81. The van der Waals surface area contributed by atoms with Crippen molar-refractivity contribution < 1.29 is 9.59 Å². The first kappa shape index (κ1) is 20.8. The Labute approximate surface area is 183 Å². The van der Waals surface area contributed by atoms with Gasteiger partial charge in [0.25, 0.3) is 0 Å². The van der Waals surface area contributed by atoms with Crippen LogP contribution in [0.3, 0.4) is 0 Å². The monoisotopic (exact) mass is 413 g/mol. The van der Waals surface area contributed by atoms with Gasteiger partial charge in [-0.2, -0.15) is 0 Å².